The third kappa shape index (κ3) is 3.14. The maximum Gasteiger partial charge on any atom is 0.0641 e. The molecule has 0 radical (unpaired) electrons. The van der Waals surface area contributed by atoms with Crippen LogP contribution in [-0.2, 0) is 7.05 Å². The van der Waals surface area contributed by atoms with Crippen LogP contribution in [0.2, 0.25) is 0 Å². The molecule has 102 valence electrons. The number of aryl methyl sites for hydroxylation is 2. The highest BCUT2D eigenvalue weighted by Gasteiger charge is 2.27. The Morgan fingerprint density at radius 1 is 1.39 bits per heavy atom. The molecule has 1 heterocycles. The molecule has 1 aromatic heterocycles. The minimum Gasteiger partial charge on any atom is -0.310 e. The molecule has 0 aromatic carbocycles. The highest BCUT2D eigenvalue weighted by molar-refractivity contribution is 5.19. The quantitative estimate of drug-likeness (QED) is 0.887. The van der Waals surface area contributed by atoms with Gasteiger partial charge in [-0.3, -0.25) is 4.68 Å². The summed E-state index contributed by atoms with van der Waals surface area (Å²) in [6.07, 6.45) is 9.11. The Labute approximate surface area is 111 Å². The molecular formula is C15H27N3. The standard InChI is InChI=1S/C15H27N3/c1-12(14-10-18(4)17-13(14)2)16-11-15(3)8-6-5-7-9-15/h10,12,16H,5-9,11H2,1-4H3. The van der Waals surface area contributed by atoms with Crippen molar-refractivity contribution in [3.8, 4) is 0 Å². The third-order valence-electron chi connectivity index (χ3n) is 4.41. The van der Waals surface area contributed by atoms with E-state index in [4.69, 9.17) is 0 Å². The van der Waals surface area contributed by atoms with E-state index in [0.717, 1.165) is 12.2 Å². The van der Waals surface area contributed by atoms with Gasteiger partial charge in [-0.25, -0.2) is 0 Å². The molecule has 0 aliphatic heterocycles. The summed E-state index contributed by atoms with van der Waals surface area (Å²) >= 11 is 0. The summed E-state index contributed by atoms with van der Waals surface area (Å²) in [6, 6.07) is 0.400. The molecule has 1 fully saturated rings. The lowest BCUT2D eigenvalue weighted by Gasteiger charge is -2.34. The monoisotopic (exact) mass is 249 g/mol. The first-order valence-electron chi connectivity index (χ1n) is 7.24. The lowest BCUT2D eigenvalue weighted by Crippen LogP contribution is -2.35. The van der Waals surface area contributed by atoms with Gasteiger partial charge in [-0.1, -0.05) is 26.2 Å². The van der Waals surface area contributed by atoms with Crippen molar-refractivity contribution < 1.29 is 0 Å². The number of hydrogen-bond donors (Lipinski definition) is 1. The van der Waals surface area contributed by atoms with Crippen LogP contribution in [0.15, 0.2) is 6.20 Å². The lowest BCUT2D eigenvalue weighted by atomic mass is 9.75. The second kappa shape index (κ2) is 5.43. The zero-order chi connectivity index (χ0) is 13.2. The highest BCUT2D eigenvalue weighted by atomic mass is 15.3. The van der Waals surface area contributed by atoms with Gasteiger partial charge in [-0.2, -0.15) is 5.10 Å². The van der Waals surface area contributed by atoms with E-state index in [1.807, 2.05) is 11.7 Å². The van der Waals surface area contributed by atoms with Crippen molar-refractivity contribution >= 4 is 0 Å². The number of nitrogens with zero attached hydrogens (tertiary/aromatic N) is 2. The van der Waals surface area contributed by atoms with Crippen LogP contribution in [0.25, 0.3) is 0 Å². The van der Waals surface area contributed by atoms with E-state index in [9.17, 15) is 0 Å². The highest BCUT2D eigenvalue weighted by Crippen LogP contribution is 2.35. The number of hydrogen-bond acceptors (Lipinski definition) is 2. The van der Waals surface area contributed by atoms with Crippen molar-refractivity contribution in [1.82, 2.24) is 15.1 Å². The van der Waals surface area contributed by atoms with Gasteiger partial charge in [-0.05, 0) is 32.1 Å². The van der Waals surface area contributed by atoms with E-state index < -0.39 is 0 Å². The molecule has 3 nitrogen and oxygen atoms in total. The molecule has 1 saturated carbocycles. The van der Waals surface area contributed by atoms with Crippen LogP contribution in [0.3, 0.4) is 0 Å². The van der Waals surface area contributed by atoms with Gasteiger partial charge in [-0.15, -0.1) is 0 Å². The van der Waals surface area contributed by atoms with Crippen molar-refractivity contribution in [2.45, 2.75) is 58.9 Å². The molecule has 3 heteroatoms. The molecule has 1 aromatic rings. The second-order valence-corrected chi connectivity index (χ2v) is 6.32. The number of aromatic nitrogens is 2. The normalized spacial score (nSPS) is 20.9. The van der Waals surface area contributed by atoms with Crippen LogP contribution in [0.1, 0.15) is 63.3 Å². The van der Waals surface area contributed by atoms with E-state index in [1.165, 1.54) is 37.7 Å². The van der Waals surface area contributed by atoms with E-state index in [2.05, 4.69) is 37.4 Å². The molecule has 1 aliphatic rings. The van der Waals surface area contributed by atoms with Gasteiger partial charge in [0.1, 0.15) is 0 Å². The Balaban J connectivity index is 1.91. The van der Waals surface area contributed by atoms with Crippen LogP contribution in [0.4, 0.5) is 0 Å². The zero-order valence-corrected chi connectivity index (χ0v) is 12.3. The van der Waals surface area contributed by atoms with E-state index in [-0.39, 0.29) is 0 Å². The van der Waals surface area contributed by atoms with E-state index in [0.29, 0.717) is 11.5 Å². The predicted molar refractivity (Wildman–Crippen MR) is 75.6 cm³/mol. The summed E-state index contributed by atoms with van der Waals surface area (Å²) in [5, 5.41) is 8.13. The van der Waals surface area contributed by atoms with E-state index >= 15 is 0 Å². The van der Waals surface area contributed by atoms with Crippen molar-refractivity contribution in [3.63, 3.8) is 0 Å². The summed E-state index contributed by atoms with van der Waals surface area (Å²) in [6.45, 7) is 7.90. The summed E-state index contributed by atoms with van der Waals surface area (Å²) in [7, 11) is 1.99. The van der Waals surface area contributed by atoms with Crippen molar-refractivity contribution in [3.05, 3.63) is 17.5 Å². The maximum absolute atomic E-state index is 4.42. The molecule has 0 bridgehead atoms. The lowest BCUT2D eigenvalue weighted by molar-refractivity contribution is 0.202. The average Bonchev–Trinajstić information content (AvgIpc) is 2.67. The number of rotatable bonds is 4. The molecule has 0 saturated heterocycles. The molecule has 0 amide bonds. The molecule has 0 spiro atoms. The van der Waals surface area contributed by atoms with Crippen LogP contribution in [-0.4, -0.2) is 16.3 Å². The van der Waals surface area contributed by atoms with Crippen LogP contribution in [0, 0.1) is 12.3 Å². The first kappa shape index (κ1) is 13.6. The third-order valence-corrected chi connectivity index (χ3v) is 4.41. The van der Waals surface area contributed by atoms with Gasteiger partial charge < -0.3 is 5.32 Å². The molecular weight excluding hydrogens is 222 g/mol. The summed E-state index contributed by atoms with van der Waals surface area (Å²) in [4.78, 5) is 0. The van der Waals surface area contributed by atoms with Gasteiger partial charge in [0.15, 0.2) is 0 Å². The van der Waals surface area contributed by atoms with Crippen LogP contribution < -0.4 is 5.32 Å². The minimum absolute atomic E-state index is 0.400. The first-order valence-corrected chi connectivity index (χ1v) is 7.24. The summed E-state index contributed by atoms with van der Waals surface area (Å²) in [5.41, 5.74) is 2.98. The first-order chi connectivity index (χ1) is 8.50. The fourth-order valence-electron chi connectivity index (χ4n) is 3.13. The Bertz CT molecular complexity index is 388. The van der Waals surface area contributed by atoms with Crippen molar-refractivity contribution in [1.29, 1.82) is 0 Å². The topological polar surface area (TPSA) is 29.9 Å². The SMILES string of the molecule is Cc1nn(C)cc1C(C)NCC1(C)CCCCC1. The summed E-state index contributed by atoms with van der Waals surface area (Å²) in [5.74, 6) is 0. The average molecular weight is 249 g/mol. The van der Waals surface area contributed by atoms with Gasteiger partial charge >= 0.3 is 0 Å². The minimum atomic E-state index is 0.400. The molecule has 1 aliphatic carbocycles. The second-order valence-electron chi connectivity index (χ2n) is 6.32. The zero-order valence-electron chi connectivity index (χ0n) is 12.3. The van der Waals surface area contributed by atoms with E-state index in [1.54, 1.807) is 0 Å². The molecule has 1 unspecified atom stereocenters. The van der Waals surface area contributed by atoms with Gasteiger partial charge in [0.2, 0.25) is 0 Å². The Morgan fingerprint density at radius 2 is 2.06 bits per heavy atom. The molecule has 1 N–H and O–H groups in total. The fourth-order valence-corrected chi connectivity index (χ4v) is 3.13. The van der Waals surface area contributed by atoms with Crippen molar-refractivity contribution in [2.24, 2.45) is 12.5 Å². The predicted octanol–water partition coefficient (Wildman–Crippen LogP) is 3.35. The van der Waals surface area contributed by atoms with Crippen LogP contribution >= 0.6 is 0 Å². The Morgan fingerprint density at radius 3 is 2.61 bits per heavy atom. The largest absolute Gasteiger partial charge is 0.310 e. The molecule has 2 rings (SSSR count). The van der Waals surface area contributed by atoms with Crippen molar-refractivity contribution in [2.75, 3.05) is 6.54 Å². The number of nitrogens with one attached hydrogen (secondary N) is 1. The smallest absolute Gasteiger partial charge is 0.0641 e. The molecule has 18 heavy (non-hydrogen) atoms. The Kier molecular flexibility index (Phi) is 4.10. The molecule has 1 atom stereocenters. The van der Waals surface area contributed by atoms with Gasteiger partial charge in [0.05, 0.1) is 5.69 Å². The summed E-state index contributed by atoms with van der Waals surface area (Å²) < 4.78 is 1.91. The van der Waals surface area contributed by atoms with Gasteiger partial charge in [0.25, 0.3) is 0 Å². The Hall–Kier alpha value is -0.830. The maximum atomic E-state index is 4.42. The van der Waals surface area contributed by atoms with Gasteiger partial charge in [0, 0.05) is 31.4 Å². The fraction of sp³-hybridized carbons (Fsp3) is 0.800. The van der Waals surface area contributed by atoms with Crippen LogP contribution in [0.5, 0.6) is 0 Å².